The molecule has 9 heteroatoms. The second kappa shape index (κ2) is 10.8. The summed E-state index contributed by atoms with van der Waals surface area (Å²) in [6.45, 7) is 0. The fraction of sp³-hybridized carbons (Fsp3) is 0.0833. The van der Waals surface area contributed by atoms with Crippen molar-refractivity contribution < 1.29 is 14.3 Å². The molecule has 0 aliphatic heterocycles. The van der Waals surface area contributed by atoms with E-state index < -0.39 is 11.2 Å². The van der Waals surface area contributed by atoms with Crippen LogP contribution in [0.2, 0.25) is 5.28 Å². The summed E-state index contributed by atoms with van der Waals surface area (Å²) in [5.41, 5.74) is 1.51. The van der Waals surface area contributed by atoms with Gasteiger partial charge in [0.05, 0.1) is 7.11 Å². The molecule has 0 aliphatic carbocycles. The molecule has 1 aromatic heterocycles. The molecule has 0 saturated heterocycles. The summed E-state index contributed by atoms with van der Waals surface area (Å²) in [6.07, 6.45) is 0. The van der Waals surface area contributed by atoms with Gasteiger partial charge >= 0.3 is 5.97 Å². The van der Waals surface area contributed by atoms with E-state index in [0.717, 1.165) is 28.8 Å². The van der Waals surface area contributed by atoms with E-state index in [9.17, 15) is 4.79 Å². The van der Waals surface area contributed by atoms with Crippen molar-refractivity contribution in [1.82, 2.24) is 15.0 Å². The third kappa shape index (κ3) is 6.21. The monoisotopic (exact) mass is 478 g/mol. The predicted molar refractivity (Wildman–Crippen MR) is 128 cm³/mol. The Bertz CT molecular complexity index is 1210. The van der Waals surface area contributed by atoms with Crippen LogP contribution in [0.15, 0.2) is 90.1 Å². The quantitative estimate of drug-likeness (QED) is 0.241. The van der Waals surface area contributed by atoms with Crippen molar-refractivity contribution in [2.45, 2.75) is 10.4 Å². The summed E-state index contributed by atoms with van der Waals surface area (Å²) < 4.78 is 10.8. The summed E-state index contributed by atoms with van der Waals surface area (Å²) in [6, 6.07) is 26.1. The third-order valence-electron chi connectivity index (χ3n) is 4.42. The number of nitrogens with one attached hydrogen (secondary N) is 1. The Balaban J connectivity index is 1.49. The molecule has 0 amide bonds. The average Bonchev–Trinajstić information content (AvgIpc) is 2.84. The van der Waals surface area contributed by atoms with Gasteiger partial charge in [0.1, 0.15) is 16.7 Å². The van der Waals surface area contributed by atoms with Crippen LogP contribution in [0.4, 0.5) is 11.6 Å². The number of para-hydroxylation sites is 1. The molecule has 0 aliphatic rings. The number of hydrogen-bond donors (Lipinski definition) is 1. The zero-order chi connectivity index (χ0) is 23.0. The number of benzene rings is 3. The fourth-order valence-corrected chi connectivity index (χ4v) is 4.08. The van der Waals surface area contributed by atoms with E-state index in [1.165, 1.54) is 7.11 Å². The topological polar surface area (TPSA) is 86.2 Å². The number of anilines is 2. The highest BCUT2D eigenvalue weighted by atomic mass is 35.5. The number of thioether (sulfide) groups is 1. The Hall–Kier alpha value is -3.62. The van der Waals surface area contributed by atoms with Gasteiger partial charge in [-0.05, 0) is 53.6 Å². The normalized spacial score (nSPS) is 11.5. The first-order valence-corrected chi connectivity index (χ1v) is 11.2. The number of aromatic nitrogens is 3. The van der Waals surface area contributed by atoms with E-state index in [2.05, 4.69) is 20.3 Å². The number of carbonyl (C=O) groups excluding carboxylic acids is 1. The summed E-state index contributed by atoms with van der Waals surface area (Å²) in [4.78, 5) is 25.1. The van der Waals surface area contributed by atoms with Crippen molar-refractivity contribution in [3.8, 4) is 11.5 Å². The van der Waals surface area contributed by atoms with Gasteiger partial charge in [0.25, 0.3) is 0 Å². The van der Waals surface area contributed by atoms with E-state index >= 15 is 0 Å². The Morgan fingerprint density at radius 2 is 1.52 bits per heavy atom. The number of rotatable bonds is 8. The maximum atomic E-state index is 12.4. The van der Waals surface area contributed by atoms with Crippen molar-refractivity contribution in [1.29, 1.82) is 0 Å². The first-order valence-electron chi connectivity index (χ1n) is 9.92. The SMILES string of the molecule is COC(=O)C(Sc1nc(Cl)nc(Nc2ccc(Oc3ccccc3)cc2)n1)c1ccccc1. The van der Waals surface area contributed by atoms with Crippen molar-refractivity contribution in [3.05, 3.63) is 95.8 Å². The van der Waals surface area contributed by atoms with Crippen LogP contribution in [-0.4, -0.2) is 28.0 Å². The van der Waals surface area contributed by atoms with Gasteiger partial charge in [0.2, 0.25) is 11.2 Å². The molecule has 0 radical (unpaired) electrons. The van der Waals surface area contributed by atoms with Gasteiger partial charge in [0, 0.05) is 5.69 Å². The Labute approximate surface area is 200 Å². The van der Waals surface area contributed by atoms with Gasteiger partial charge < -0.3 is 14.8 Å². The zero-order valence-electron chi connectivity index (χ0n) is 17.5. The molecule has 1 heterocycles. The number of carbonyl (C=O) groups is 1. The predicted octanol–water partition coefficient (Wildman–Crippen LogP) is 6.07. The van der Waals surface area contributed by atoms with E-state index in [1.807, 2.05) is 84.9 Å². The highest BCUT2D eigenvalue weighted by molar-refractivity contribution is 8.00. The maximum absolute atomic E-state index is 12.4. The van der Waals surface area contributed by atoms with Crippen LogP contribution >= 0.6 is 23.4 Å². The van der Waals surface area contributed by atoms with Crippen LogP contribution in [0.3, 0.4) is 0 Å². The second-order valence-corrected chi connectivity index (χ2v) is 8.12. The van der Waals surface area contributed by atoms with Gasteiger partial charge in [-0.3, -0.25) is 4.79 Å². The Morgan fingerprint density at radius 3 is 2.18 bits per heavy atom. The molecule has 1 N–H and O–H groups in total. The molecule has 166 valence electrons. The molecule has 0 fully saturated rings. The molecule has 4 aromatic rings. The van der Waals surface area contributed by atoms with Crippen LogP contribution in [0.5, 0.6) is 11.5 Å². The molecule has 0 saturated carbocycles. The fourth-order valence-electron chi connectivity index (χ4n) is 2.89. The highest BCUT2D eigenvalue weighted by Gasteiger charge is 2.24. The first kappa shape index (κ1) is 22.6. The number of nitrogens with zero attached hydrogens (tertiary/aromatic N) is 3. The van der Waals surface area contributed by atoms with Crippen LogP contribution in [0.1, 0.15) is 10.8 Å². The molecule has 1 unspecified atom stereocenters. The van der Waals surface area contributed by atoms with E-state index in [-0.39, 0.29) is 11.2 Å². The lowest BCUT2D eigenvalue weighted by molar-refractivity contribution is -0.140. The number of ether oxygens (including phenoxy) is 2. The molecule has 3 aromatic carbocycles. The molecular weight excluding hydrogens is 460 g/mol. The standard InChI is InChI=1S/C24H19ClN4O3S/c1-31-21(30)20(16-8-4-2-5-9-16)33-24-28-22(25)27-23(29-24)26-17-12-14-19(15-13-17)32-18-10-6-3-7-11-18/h2-15,20H,1H3,(H,26,27,28,29). The van der Waals surface area contributed by atoms with E-state index in [1.54, 1.807) is 0 Å². The number of esters is 1. The van der Waals surface area contributed by atoms with Gasteiger partial charge in [-0.2, -0.15) is 15.0 Å². The summed E-state index contributed by atoms with van der Waals surface area (Å²) in [5.74, 6) is 1.29. The Morgan fingerprint density at radius 1 is 0.879 bits per heavy atom. The zero-order valence-corrected chi connectivity index (χ0v) is 19.1. The minimum atomic E-state index is -0.642. The largest absolute Gasteiger partial charge is 0.468 e. The second-order valence-electron chi connectivity index (χ2n) is 6.71. The van der Waals surface area contributed by atoms with Gasteiger partial charge in [-0.25, -0.2) is 0 Å². The van der Waals surface area contributed by atoms with Crippen LogP contribution in [0.25, 0.3) is 0 Å². The molecule has 33 heavy (non-hydrogen) atoms. The minimum Gasteiger partial charge on any atom is -0.468 e. The van der Waals surface area contributed by atoms with Crippen LogP contribution in [-0.2, 0) is 9.53 Å². The summed E-state index contributed by atoms with van der Waals surface area (Å²) >= 11 is 7.26. The van der Waals surface area contributed by atoms with Crippen molar-refractivity contribution in [2.24, 2.45) is 0 Å². The minimum absolute atomic E-state index is 0.00992. The number of halogens is 1. The van der Waals surface area contributed by atoms with Gasteiger partial charge in [0.15, 0.2) is 5.16 Å². The summed E-state index contributed by atoms with van der Waals surface area (Å²) in [5, 5.41) is 2.76. The smallest absolute Gasteiger partial charge is 0.323 e. The molecule has 1 atom stereocenters. The lowest BCUT2D eigenvalue weighted by Gasteiger charge is -2.14. The van der Waals surface area contributed by atoms with Crippen molar-refractivity contribution in [3.63, 3.8) is 0 Å². The molecule has 0 bridgehead atoms. The van der Waals surface area contributed by atoms with E-state index in [0.29, 0.717) is 10.9 Å². The van der Waals surface area contributed by atoms with Gasteiger partial charge in [-0.1, -0.05) is 60.3 Å². The summed E-state index contributed by atoms with van der Waals surface area (Å²) in [7, 11) is 1.34. The highest BCUT2D eigenvalue weighted by Crippen LogP contribution is 2.35. The maximum Gasteiger partial charge on any atom is 0.323 e. The lowest BCUT2D eigenvalue weighted by atomic mass is 10.1. The first-order chi connectivity index (χ1) is 16.1. The lowest BCUT2D eigenvalue weighted by Crippen LogP contribution is -2.12. The van der Waals surface area contributed by atoms with Crippen LogP contribution < -0.4 is 10.1 Å². The molecule has 7 nitrogen and oxygen atoms in total. The van der Waals surface area contributed by atoms with E-state index in [4.69, 9.17) is 21.1 Å². The van der Waals surface area contributed by atoms with Crippen molar-refractivity contribution >= 4 is 41.0 Å². The molecule has 0 spiro atoms. The Kier molecular flexibility index (Phi) is 7.39. The van der Waals surface area contributed by atoms with Crippen LogP contribution in [0, 0.1) is 0 Å². The number of methoxy groups -OCH3 is 1. The van der Waals surface area contributed by atoms with Crippen molar-refractivity contribution in [2.75, 3.05) is 12.4 Å². The average molecular weight is 479 g/mol. The molecule has 4 rings (SSSR count). The molecular formula is C24H19ClN4O3S. The third-order valence-corrected chi connectivity index (χ3v) is 5.68. The number of hydrogen-bond acceptors (Lipinski definition) is 8. The van der Waals surface area contributed by atoms with Gasteiger partial charge in [-0.15, -0.1) is 0 Å².